The van der Waals surface area contributed by atoms with Gasteiger partial charge in [-0.2, -0.15) is 5.10 Å². The predicted octanol–water partition coefficient (Wildman–Crippen LogP) is 3.69. The summed E-state index contributed by atoms with van der Waals surface area (Å²) < 4.78 is 1.95. The third-order valence-corrected chi connectivity index (χ3v) is 4.71. The van der Waals surface area contributed by atoms with Crippen LogP contribution in [0.1, 0.15) is 49.1 Å². The number of carbonyl (C=O) groups is 1. The molecule has 1 N–H and O–H groups in total. The first kappa shape index (κ1) is 15.8. The van der Waals surface area contributed by atoms with Crippen LogP contribution in [0.2, 0.25) is 0 Å². The van der Waals surface area contributed by atoms with E-state index >= 15 is 0 Å². The normalized spacial score (nSPS) is 14.5. The summed E-state index contributed by atoms with van der Waals surface area (Å²) in [6, 6.07) is 10.2. The van der Waals surface area contributed by atoms with Gasteiger partial charge in [0.2, 0.25) is 5.91 Å². The Labute approximate surface area is 137 Å². The lowest BCUT2D eigenvalue weighted by Gasteiger charge is -2.24. The minimum atomic E-state index is 0.153. The smallest absolute Gasteiger partial charge is 0.220 e. The van der Waals surface area contributed by atoms with Gasteiger partial charge in [0, 0.05) is 18.7 Å². The maximum atomic E-state index is 12.0. The van der Waals surface area contributed by atoms with Crippen molar-refractivity contribution in [3.05, 3.63) is 47.3 Å². The molecule has 0 unspecified atom stereocenters. The highest BCUT2D eigenvalue weighted by Crippen LogP contribution is 2.30. The number of hydrogen-bond acceptors (Lipinski definition) is 2. The number of benzene rings is 1. The van der Waals surface area contributed by atoms with Crippen molar-refractivity contribution in [2.75, 3.05) is 0 Å². The molecule has 3 rings (SSSR count). The highest BCUT2D eigenvalue weighted by Gasteiger charge is 2.18. The maximum absolute atomic E-state index is 12.0. The SMILES string of the molecule is Cc1cc(C)n(-c2ccccc2CNC(=O)CCC2CCC2)n1. The Kier molecular flexibility index (Phi) is 4.79. The lowest BCUT2D eigenvalue weighted by Crippen LogP contribution is -2.25. The summed E-state index contributed by atoms with van der Waals surface area (Å²) in [4.78, 5) is 12.0. The van der Waals surface area contributed by atoms with E-state index in [0.717, 1.165) is 35.0 Å². The van der Waals surface area contributed by atoms with E-state index in [9.17, 15) is 4.79 Å². The molecule has 1 fully saturated rings. The Bertz CT molecular complexity index is 686. The van der Waals surface area contributed by atoms with Crippen LogP contribution >= 0.6 is 0 Å². The highest BCUT2D eigenvalue weighted by molar-refractivity contribution is 5.76. The van der Waals surface area contributed by atoms with Gasteiger partial charge in [-0.1, -0.05) is 37.5 Å². The molecule has 4 heteroatoms. The van der Waals surface area contributed by atoms with Crippen LogP contribution in [0, 0.1) is 19.8 Å². The Morgan fingerprint density at radius 3 is 2.74 bits per heavy atom. The van der Waals surface area contributed by atoms with Crippen LogP contribution in [-0.2, 0) is 11.3 Å². The average Bonchev–Trinajstić information content (AvgIpc) is 2.82. The first-order valence-electron chi connectivity index (χ1n) is 8.52. The molecule has 0 bridgehead atoms. The summed E-state index contributed by atoms with van der Waals surface area (Å²) in [7, 11) is 0. The van der Waals surface area contributed by atoms with E-state index in [-0.39, 0.29) is 5.91 Å². The van der Waals surface area contributed by atoms with E-state index < -0.39 is 0 Å². The van der Waals surface area contributed by atoms with Crippen LogP contribution in [0.4, 0.5) is 0 Å². The zero-order valence-electron chi connectivity index (χ0n) is 14.0. The van der Waals surface area contributed by atoms with E-state index in [2.05, 4.69) is 28.6 Å². The van der Waals surface area contributed by atoms with E-state index in [1.54, 1.807) is 0 Å². The van der Waals surface area contributed by atoms with Gasteiger partial charge in [0.25, 0.3) is 0 Å². The fraction of sp³-hybridized carbons (Fsp3) is 0.474. The van der Waals surface area contributed by atoms with Crippen molar-refractivity contribution in [3.63, 3.8) is 0 Å². The number of rotatable bonds is 6. The second-order valence-corrected chi connectivity index (χ2v) is 6.58. The van der Waals surface area contributed by atoms with Crippen LogP contribution in [0.3, 0.4) is 0 Å². The second kappa shape index (κ2) is 6.99. The molecule has 1 heterocycles. The Morgan fingerprint density at radius 1 is 1.30 bits per heavy atom. The molecule has 1 aromatic heterocycles. The number of aromatic nitrogens is 2. The van der Waals surface area contributed by atoms with E-state index in [1.807, 2.05) is 30.7 Å². The molecule has 0 atom stereocenters. The molecule has 122 valence electrons. The summed E-state index contributed by atoms with van der Waals surface area (Å²) in [6.45, 7) is 4.60. The largest absolute Gasteiger partial charge is 0.352 e. The van der Waals surface area contributed by atoms with Gasteiger partial charge in [0.1, 0.15) is 0 Å². The first-order valence-corrected chi connectivity index (χ1v) is 8.52. The summed E-state index contributed by atoms with van der Waals surface area (Å²) in [5.74, 6) is 0.933. The van der Waals surface area contributed by atoms with Crippen LogP contribution < -0.4 is 5.32 Å². The van der Waals surface area contributed by atoms with Crippen molar-refractivity contribution >= 4 is 5.91 Å². The number of carbonyl (C=O) groups excluding carboxylic acids is 1. The van der Waals surface area contributed by atoms with Gasteiger partial charge in [-0.15, -0.1) is 0 Å². The van der Waals surface area contributed by atoms with Gasteiger partial charge in [-0.05, 0) is 43.9 Å². The molecule has 0 spiro atoms. The van der Waals surface area contributed by atoms with Crippen molar-refractivity contribution in [1.29, 1.82) is 0 Å². The first-order chi connectivity index (χ1) is 11.1. The molecule has 0 radical (unpaired) electrons. The summed E-state index contributed by atoms with van der Waals surface area (Å²) in [5.41, 5.74) is 4.24. The molecule has 0 aliphatic heterocycles. The van der Waals surface area contributed by atoms with Gasteiger partial charge in [-0.3, -0.25) is 4.79 Å². The lowest BCUT2D eigenvalue weighted by molar-refractivity contribution is -0.121. The fourth-order valence-corrected chi connectivity index (χ4v) is 3.14. The zero-order chi connectivity index (χ0) is 16.2. The Balaban J connectivity index is 1.63. The minimum absolute atomic E-state index is 0.153. The molecule has 23 heavy (non-hydrogen) atoms. The lowest BCUT2D eigenvalue weighted by atomic mass is 9.82. The van der Waals surface area contributed by atoms with Crippen molar-refractivity contribution in [1.82, 2.24) is 15.1 Å². The molecule has 1 amide bonds. The molecule has 4 nitrogen and oxygen atoms in total. The molecule has 2 aromatic rings. The maximum Gasteiger partial charge on any atom is 0.220 e. The van der Waals surface area contributed by atoms with Crippen molar-refractivity contribution in [3.8, 4) is 5.69 Å². The summed E-state index contributed by atoms with van der Waals surface area (Å²) in [5, 5.41) is 7.61. The standard InChI is InChI=1S/C19H25N3O/c1-14-12-15(2)22(21-14)18-9-4-3-8-17(18)13-20-19(23)11-10-16-6-5-7-16/h3-4,8-9,12,16H,5-7,10-11,13H2,1-2H3,(H,20,23). The van der Waals surface area contributed by atoms with Crippen LogP contribution in [-0.4, -0.2) is 15.7 Å². The number of amides is 1. The monoisotopic (exact) mass is 311 g/mol. The van der Waals surface area contributed by atoms with Gasteiger partial charge < -0.3 is 5.32 Å². The minimum Gasteiger partial charge on any atom is -0.352 e. The third-order valence-electron chi connectivity index (χ3n) is 4.71. The quantitative estimate of drug-likeness (QED) is 0.884. The predicted molar refractivity (Wildman–Crippen MR) is 91.5 cm³/mol. The molecular formula is C19H25N3O. The third kappa shape index (κ3) is 3.81. The molecule has 1 aromatic carbocycles. The van der Waals surface area contributed by atoms with E-state index in [1.165, 1.54) is 19.3 Å². The number of nitrogens with zero attached hydrogens (tertiary/aromatic N) is 2. The fourth-order valence-electron chi connectivity index (χ4n) is 3.14. The second-order valence-electron chi connectivity index (χ2n) is 6.58. The van der Waals surface area contributed by atoms with E-state index in [4.69, 9.17) is 0 Å². The Morgan fingerprint density at radius 2 is 2.09 bits per heavy atom. The van der Waals surface area contributed by atoms with Crippen molar-refractivity contribution < 1.29 is 4.79 Å². The highest BCUT2D eigenvalue weighted by atomic mass is 16.1. The average molecular weight is 311 g/mol. The molecular weight excluding hydrogens is 286 g/mol. The van der Waals surface area contributed by atoms with Crippen molar-refractivity contribution in [2.24, 2.45) is 5.92 Å². The van der Waals surface area contributed by atoms with E-state index in [0.29, 0.717) is 13.0 Å². The van der Waals surface area contributed by atoms with Crippen molar-refractivity contribution in [2.45, 2.75) is 52.5 Å². The summed E-state index contributed by atoms with van der Waals surface area (Å²) >= 11 is 0. The van der Waals surface area contributed by atoms with Crippen LogP contribution in [0.25, 0.3) is 5.69 Å². The number of nitrogens with one attached hydrogen (secondary N) is 1. The van der Waals surface area contributed by atoms with Crippen LogP contribution in [0.15, 0.2) is 30.3 Å². The number of hydrogen-bond donors (Lipinski definition) is 1. The van der Waals surface area contributed by atoms with Gasteiger partial charge in [0.15, 0.2) is 0 Å². The van der Waals surface area contributed by atoms with Gasteiger partial charge in [0.05, 0.1) is 11.4 Å². The van der Waals surface area contributed by atoms with Crippen LogP contribution in [0.5, 0.6) is 0 Å². The zero-order valence-corrected chi connectivity index (χ0v) is 14.0. The number of aryl methyl sites for hydroxylation is 2. The molecule has 0 saturated heterocycles. The molecule has 1 aliphatic rings. The summed E-state index contributed by atoms with van der Waals surface area (Å²) in [6.07, 6.45) is 5.61. The topological polar surface area (TPSA) is 46.9 Å². The van der Waals surface area contributed by atoms with Gasteiger partial charge in [-0.25, -0.2) is 4.68 Å². The van der Waals surface area contributed by atoms with Gasteiger partial charge >= 0.3 is 0 Å². The Hall–Kier alpha value is -2.10. The molecule has 1 aliphatic carbocycles. The number of para-hydroxylation sites is 1. The molecule has 1 saturated carbocycles.